The summed E-state index contributed by atoms with van der Waals surface area (Å²) >= 11 is 0.976. The van der Waals surface area contributed by atoms with E-state index < -0.39 is 29.5 Å². The smallest absolute Gasteiger partial charge is 0.342 e. The van der Waals surface area contributed by atoms with E-state index in [1.54, 1.807) is 0 Å². The Hall–Kier alpha value is -3.25. The highest BCUT2D eigenvalue weighted by molar-refractivity contribution is 7.22. The Bertz CT molecular complexity index is 1210. The van der Waals surface area contributed by atoms with Crippen LogP contribution in [0, 0.1) is 5.82 Å². The summed E-state index contributed by atoms with van der Waals surface area (Å²) in [6, 6.07) is 8.42. The summed E-state index contributed by atoms with van der Waals surface area (Å²) in [4.78, 5) is 31.4. The summed E-state index contributed by atoms with van der Waals surface area (Å²) in [6.07, 6.45) is -4.86. The van der Waals surface area contributed by atoms with Gasteiger partial charge in [-0.3, -0.25) is 15.0 Å². The van der Waals surface area contributed by atoms with Gasteiger partial charge >= 0.3 is 12.2 Å². The van der Waals surface area contributed by atoms with E-state index >= 15 is 0 Å². The van der Waals surface area contributed by atoms with Crippen LogP contribution in [0.2, 0.25) is 0 Å². The molecule has 4 rings (SSSR count). The molecule has 3 amide bonds. The van der Waals surface area contributed by atoms with Crippen LogP contribution < -0.4 is 10.6 Å². The zero-order valence-corrected chi connectivity index (χ0v) is 18.4. The Labute approximate surface area is 190 Å². The Balaban J connectivity index is 1.65. The molecule has 174 valence electrons. The minimum atomic E-state index is -4.86. The van der Waals surface area contributed by atoms with Crippen molar-refractivity contribution in [3.63, 3.8) is 0 Å². The van der Waals surface area contributed by atoms with Crippen molar-refractivity contribution in [2.45, 2.75) is 11.7 Å². The van der Waals surface area contributed by atoms with Gasteiger partial charge < -0.3 is 10.2 Å². The van der Waals surface area contributed by atoms with Crippen LogP contribution in [0.5, 0.6) is 0 Å². The first kappa shape index (κ1) is 22.9. The molecule has 12 heteroatoms. The number of hydrogen-bond donors (Lipinski definition) is 2. The molecular weight excluding hydrogens is 462 g/mol. The number of anilines is 2. The minimum absolute atomic E-state index is 0.0544. The number of aromatic nitrogens is 1. The summed E-state index contributed by atoms with van der Waals surface area (Å²) in [6.45, 7) is 0.242. The van der Waals surface area contributed by atoms with Crippen molar-refractivity contribution >= 4 is 44.3 Å². The summed E-state index contributed by atoms with van der Waals surface area (Å²) < 4.78 is 56.5. The molecule has 33 heavy (non-hydrogen) atoms. The fourth-order valence-electron chi connectivity index (χ4n) is 3.85. The number of urea groups is 1. The number of rotatable bonds is 3. The van der Waals surface area contributed by atoms with E-state index in [0.717, 1.165) is 21.1 Å². The number of carbonyl (C=O) groups is 2. The molecule has 7 nitrogen and oxygen atoms in total. The average Bonchev–Trinajstić information content (AvgIpc) is 3.13. The number of nitrogens with one attached hydrogen (secondary N) is 2. The van der Waals surface area contributed by atoms with Crippen LogP contribution in [-0.2, 0) is 10.3 Å². The summed E-state index contributed by atoms with van der Waals surface area (Å²) in [7, 11) is 2.63. The summed E-state index contributed by atoms with van der Waals surface area (Å²) in [5.41, 5.74) is -2.30. The van der Waals surface area contributed by atoms with E-state index in [2.05, 4.69) is 15.6 Å². The lowest BCUT2D eigenvalue weighted by Gasteiger charge is -2.47. The van der Waals surface area contributed by atoms with Gasteiger partial charge in [0.15, 0.2) is 5.13 Å². The molecule has 2 heterocycles. The number of fused-ring (bicyclic) bond motifs is 1. The molecule has 1 aliphatic rings. The third kappa shape index (κ3) is 4.00. The second-order valence-electron chi connectivity index (χ2n) is 7.64. The molecule has 3 aromatic rings. The maximum atomic E-state index is 14.4. The lowest BCUT2D eigenvalue weighted by atomic mass is 9.84. The fourth-order valence-corrected chi connectivity index (χ4v) is 4.75. The molecule has 0 aliphatic carbocycles. The van der Waals surface area contributed by atoms with E-state index in [9.17, 15) is 27.2 Å². The number of hydrogen-bond acceptors (Lipinski definition) is 5. The lowest BCUT2D eigenvalue weighted by Crippen LogP contribution is -2.68. The number of thiazole rings is 1. The predicted octanol–water partition coefficient (Wildman–Crippen LogP) is 4.24. The number of halogens is 4. The quantitative estimate of drug-likeness (QED) is 0.549. The minimum Gasteiger partial charge on any atom is -0.342 e. The van der Waals surface area contributed by atoms with Gasteiger partial charge in [-0.25, -0.2) is 14.2 Å². The molecule has 2 N–H and O–H groups in total. The molecule has 1 fully saturated rings. The van der Waals surface area contributed by atoms with Crippen LogP contribution in [0.1, 0.15) is 5.56 Å². The number of likely N-dealkylation sites (N-methyl/N-ethyl adjacent to an activating group) is 2. The number of benzene rings is 2. The van der Waals surface area contributed by atoms with Crippen LogP contribution in [-0.4, -0.2) is 60.1 Å². The topological polar surface area (TPSA) is 77.6 Å². The number of piperazine rings is 1. The third-order valence-corrected chi connectivity index (χ3v) is 6.47. The molecule has 1 atom stereocenters. The van der Waals surface area contributed by atoms with Gasteiger partial charge in [0.1, 0.15) is 5.82 Å². The van der Waals surface area contributed by atoms with Crippen molar-refractivity contribution in [1.82, 2.24) is 14.8 Å². The van der Waals surface area contributed by atoms with Crippen molar-refractivity contribution in [3.05, 3.63) is 53.8 Å². The average molecular weight is 481 g/mol. The van der Waals surface area contributed by atoms with Crippen molar-refractivity contribution < 1.29 is 27.2 Å². The summed E-state index contributed by atoms with van der Waals surface area (Å²) in [5, 5.41) is 5.18. The Kier molecular flexibility index (Phi) is 5.74. The molecule has 2 aromatic carbocycles. The van der Waals surface area contributed by atoms with E-state index in [0.29, 0.717) is 15.9 Å². The first-order valence-electron chi connectivity index (χ1n) is 9.80. The first-order valence-corrected chi connectivity index (χ1v) is 10.6. The Morgan fingerprint density at radius 2 is 1.79 bits per heavy atom. The van der Waals surface area contributed by atoms with E-state index in [1.165, 1.54) is 56.6 Å². The second kappa shape index (κ2) is 8.27. The number of nitrogens with zero attached hydrogens (tertiary/aromatic N) is 3. The molecule has 0 radical (unpaired) electrons. The van der Waals surface area contributed by atoms with Gasteiger partial charge in [-0.1, -0.05) is 17.4 Å². The number of amides is 3. The summed E-state index contributed by atoms with van der Waals surface area (Å²) in [5.74, 6) is -1.50. The molecule has 1 aliphatic heterocycles. The van der Waals surface area contributed by atoms with Gasteiger partial charge in [0.05, 0.1) is 10.2 Å². The Morgan fingerprint density at radius 3 is 2.45 bits per heavy atom. The third-order valence-electron chi connectivity index (χ3n) is 5.54. The first-order chi connectivity index (χ1) is 15.5. The van der Waals surface area contributed by atoms with Crippen LogP contribution in [0.25, 0.3) is 10.2 Å². The molecular formula is C21H19F4N5O2S. The molecule has 0 spiro atoms. The molecule has 1 aromatic heterocycles. The zero-order chi connectivity index (χ0) is 24.0. The van der Waals surface area contributed by atoms with Crippen molar-refractivity contribution in [3.8, 4) is 0 Å². The SMILES string of the molecule is CN1CCN(C)C(c2ccc3nc(NC(=O)Nc4ccc(F)cc4)sc3c2)(C(F)(F)F)C1=O. The standard InChI is InChI=1S/C21H19F4N5O2S/c1-29-9-10-30(2)20(17(29)31,21(23,24)25)12-3-8-15-16(11-12)33-19(27-15)28-18(32)26-14-6-4-13(22)5-7-14/h3-8,11H,9-10H2,1-2H3,(H2,26,27,28,32). The van der Waals surface area contributed by atoms with Gasteiger partial charge in [0.25, 0.3) is 5.91 Å². The highest BCUT2D eigenvalue weighted by Gasteiger charge is 2.66. The second-order valence-corrected chi connectivity index (χ2v) is 8.67. The maximum absolute atomic E-state index is 14.4. The highest BCUT2D eigenvalue weighted by atomic mass is 32.1. The van der Waals surface area contributed by atoms with Crippen molar-refractivity contribution in [2.75, 3.05) is 37.8 Å². The Morgan fingerprint density at radius 1 is 1.09 bits per heavy atom. The number of carbonyl (C=O) groups excluding carboxylic acids is 2. The lowest BCUT2D eigenvalue weighted by molar-refractivity contribution is -0.241. The van der Waals surface area contributed by atoms with E-state index in [1.807, 2.05) is 0 Å². The predicted molar refractivity (Wildman–Crippen MR) is 117 cm³/mol. The monoisotopic (exact) mass is 481 g/mol. The molecule has 1 saturated heterocycles. The van der Waals surface area contributed by atoms with Crippen LogP contribution in [0.4, 0.5) is 33.2 Å². The van der Waals surface area contributed by atoms with Crippen LogP contribution >= 0.6 is 11.3 Å². The van der Waals surface area contributed by atoms with Gasteiger partial charge in [-0.05, 0) is 49.0 Å². The molecule has 0 bridgehead atoms. The van der Waals surface area contributed by atoms with Gasteiger partial charge in [-0.15, -0.1) is 0 Å². The largest absolute Gasteiger partial charge is 0.420 e. The van der Waals surface area contributed by atoms with Gasteiger partial charge in [0.2, 0.25) is 5.54 Å². The van der Waals surface area contributed by atoms with Gasteiger partial charge in [-0.2, -0.15) is 13.2 Å². The molecule has 1 unspecified atom stereocenters. The van der Waals surface area contributed by atoms with Gasteiger partial charge in [0, 0.05) is 25.8 Å². The maximum Gasteiger partial charge on any atom is 0.420 e. The van der Waals surface area contributed by atoms with E-state index in [-0.39, 0.29) is 23.8 Å². The van der Waals surface area contributed by atoms with Crippen molar-refractivity contribution in [2.24, 2.45) is 0 Å². The van der Waals surface area contributed by atoms with E-state index in [4.69, 9.17) is 0 Å². The van der Waals surface area contributed by atoms with Crippen molar-refractivity contribution in [1.29, 1.82) is 0 Å². The number of alkyl halides is 3. The van der Waals surface area contributed by atoms with Crippen LogP contribution in [0.3, 0.4) is 0 Å². The molecule has 0 saturated carbocycles. The van der Waals surface area contributed by atoms with Crippen LogP contribution in [0.15, 0.2) is 42.5 Å². The zero-order valence-electron chi connectivity index (χ0n) is 17.5. The normalized spacial score (nSPS) is 19.7. The fraction of sp³-hybridized carbons (Fsp3) is 0.286. The highest BCUT2D eigenvalue weighted by Crippen LogP contribution is 2.47.